The van der Waals surface area contributed by atoms with Crippen molar-refractivity contribution in [1.82, 2.24) is 8.96 Å². The summed E-state index contributed by atoms with van der Waals surface area (Å²) in [5.74, 6) is -1.16. The molecule has 0 radical (unpaired) electrons. The highest BCUT2D eigenvalue weighted by Crippen LogP contribution is 2.14. The Kier molecular flexibility index (Phi) is 2.50. The molecule has 0 bridgehead atoms. The molecular formula is C9H7FN2O4S. The number of imidazole rings is 1. The molecule has 0 spiro atoms. The average Bonchev–Trinajstić information content (AvgIpc) is 2.59. The van der Waals surface area contributed by atoms with Gasteiger partial charge >= 0.3 is 5.69 Å². The minimum atomic E-state index is -4.12. The molecular weight excluding hydrogens is 251 g/mol. The van der Waals surface area contributed by atoms with Crippen LogP contribution in [0, 0.1) is 5.82 Å². The Morgan fingerprint density at radius 1 is 1.24 bits per heavy atom. The first-order valence-electron chi connectivity index (χ1n) is 4.43. The highest BCUT2D eigenvalue weighted by atomic mass is 32.2. The summed E-state index contributed by atoms with van der Waals surface area (Å²) in [7, 11) is -4.12. The first-order valence-corrected chi connectivity index (χ1v) is 5.87. The van der Waals surface area contributed by atoms with Crippen LogP contribution < -0.4 is 5.69 Å². The first kappa shape index (κ1) is 11.4. The van der Waals surface area contributed by atoms with Crippen LogP contribution in [-0.2, 0) is 10.0 Å². The third kappa shape index (κ3) is 1.94. The molecule has 0 saturated carbocycles. The largest absolute Gasteiger partial charge is 0.493 e. The zero-order chi connectivity index (χ0) is 12.6. The number of benzene rings is 1. The minimum Gasteiger partial charge on any atom is -0.493 e. The van der Waals surface area contributed by atoms with Gasteiger partial charge in [0.2, 0.25) is 5.88 Å². The van der Waals surface area contributed by atoms with E-state index in [0.29, 0.717) is 3.97 Å². The van der Waals surface area contributed by atoms with Crippen LogP contribution in [0.15, 0.2) is 40.2 Å². The number of halogens is 1. The van der Waals surface area contributed by atoms with E-state index in [1.165, 1.54) is 0 Å². The molecule has 1 aromatic heterocycles. The van der Waals surface area contributed by atoms with Crippen molar-refractivity contribution < 1.29 is 17.9 Å². The number of aromatic hydroxyl groups is 1. The molecule has 6 nitrogen and oxygen atoms in total. The first-order chi connectivity index (χ1) is 7.91. The molecule has 0 aliphatic carbocycles. The van der Waals surface area contributed by atoms with Crippen molar-refractivity contribution in [2.24, 2.45) is 0 Å². The number of hydrogen-bond acceptors (Lipinski definition) is 4. The standard InChI is InChI=1S/C9H7FN2O4S/c10-6-1-3-7(4-2-6)17(15,16)12-5-8(13)11-9(12)14/h1-5,13H,(H,11,14). The Morgan fingerprint density at radius 3 is 2.29 bits per heavy atom. The summed E-state index contributed by atoms with van der Waals surface area (Å²) in [5, 5.41) is 8.99. The summed E-state index contributed by atoms with van der Waals surface area (Å²) in [5.41, 5.74) is -0.994. The number of rotatable bonds is 2. The molecule has 0 saturated heterocycles. The van der Waals surface area contributed by atoms with E-state index in [2.05, 4.69) is 0 Å². The minimum absolute atomic E-state index is 0.250. The third-order valence-corrected chi connectivity index (χ3v) is 3.70. The lowest BCUT2D eigenvalue weighted by molar-refractivity contribution is 0.455. The van der Waals surface area contributed by atoms with Gasteiger partial charge < -0.3 is 5.11 Å². The zero-order valence-electron chi connectivity index (χ0n) is 8.29. The molecule has 2 rings (SSSR count). The van der Waals surface area contributed by atoms with Crippen molar-refractivity contribution in [3.8, 4) is 5.88 Å². The van der Waals surface area contributed by atoms with Crippen LogP contribution in [-0.4, -0.2) is 22.5 Å². The molecule has 90 valence electrons. The highest BCUT2D eigenvalue weighted by molar-refractivity contribution is 7.90. The summed E-state index contributed by atoms with van der Waals surface area (Å²) in [4.78, 5) is 12.9. The maximum absolute atomic E-state index is 12.7. The third-order valence-electron chi connectivity index (χ3n) is 2.05. The van der Waals surface area contributed by atoms with Crippen LogP contribution in [0.4, 0.5) is 4.39 Å². The van der Waals surface area contributed by atoms with Gasteiger partial charge in [-0.05, 0) is 24.3 Å². The molecule has 0 aliphatic rings. The van der Waals surface area contributed by atoms with E-state index in [9.17, 15) is 17.6 Å². The van der Waals surface area contributed by atoms with Gasteiger partial charge in [0, 0.05) is 0 Å². The molecule has 8 heteroatoms. The van der Waals surface area contributed by atoms with Crippen LogP contribution >= 0.6 is 0 Å². The lowest BCUT2D eigenvalue weighted by Gasteiger charge is -2.03. The van der Waals surface area contributed by atoms with Crippen LogP contribution in [0.5, 0.6) is 5.88 Å². The predicted molar refractivity (Wildman–Crippen MR) is 55.7 cm³/mol. The number of hydrogen-bond donors (Lipinski definition) is 2. The predicted octanol–water partition coefficient (Wildman–Crippen LogP) is 0.258. The number of aromatic amines is 1. The summed E-state index contributed by atoms with van der Waals surface area (Å²) < 4.78 is 36.8. The molecule has 1 aromatic carbocycles. The van der Waals surface area contributed by atoms with Gasteiger partial charge in [0.25, 0.3) is 10.0 Å². The Hall–Kier alpha value is -2.09. The normalized spacial score (nSPS) is 11.6. The molecule has 17 heavy (non-hydrogen) atoms. The van der Waals surface area contributed by atoms with Crippen molar-refractivity contribution >= 4 is 10.0 Å². The second-order valence-corrected chi connectivity index (χ2v) is 5.01. The summed E-state index contributed by atoms with van der Waals surface area (Å²) in [6, 6.07) is 3.98. The Balaban J connectivity index is 2.61. The topological polar surface area (TPSA) is 92.2 Å². The summed E-state index contributed by atoms with van der Waals surface area (Å²) >= 11 is 0. The second kappa shape index (κ2) is 3.74. The van der Waals surface area contributed by atoms with Crippen LogP contribution in [0.2, 0.25) is 0 Å². The van der Waals surface area contributed by atoms with Crippen LogP contribution in [0.25, 0.3) is 0 Å². The van der Waals surface area contributed by atoms with E-state index < -0.39 is 27.4 Å². The van der Waals surface area contributed by atoms with Gasteiger partial charge in [0.1, 0.15) is 5.82 Å². The van der Waals surface area contributed by atoms with Crippen LogP contribution in [0.3, 0.4) is 0 Å². The van der Waals surface area contributed by atoms with Gasteiger partial charge in [-0.2, -0.15) is 3.97 Å². The highest BCUT2D eigenvalue weighted by Gasteiger charge is 2.20. The van der Waals surface area contributed by atoms with E-state index in [4.69, 9.17) is 5.11 Å². The molecule has 2 N–H and O–H groups in total. The fourth-order valence-corrected chi connectivity index (χ4v) is 2.48. The smallest absolute Gasteiger partial charge is 0.342 e. The van der Waals surface area contributed by atoms with Crippen molar-refractivity contribution in [3.05, 3.63) is 46.8 Å². The second-order valence-electron chi connectivity index (χ2n) is 3.20. The quantitative estimate of drug-likeness (QED) is 0.808. The van der Waals surface area contributed by atoms with Gasteiger partial charge in [-0.1, -0.05) is 0 Å². The Bertz CT molecular complexity index is 699. The van der Waals surface area contributed by atoms with Crippen molar-refractivity contribution in [2.45, 2.75) is 4.90 Å². The number of nitrogens with one attached hydrogen (secondary N) is 1. The molecule has 0 unspecified atom stereocenters. The van der Waals surface area contributed by atoms with Gasteiger partial charge in [0.15, 0.2) is 0 Å². The van der Waals surface area contributed by atoms with Crippen molar-refractivity contribution in [3.63, 3.8) is 0 Å². The van der Waals surface area contributed by atoms with Gasteiger partial charge in [-0.15, -0.1) is 0 Å². The monoisotopic (exact) mass is 258 g/mol. The zero-order valence-corrected chi connectivity index (χ0v) is 9.11. The van der Waals surface area contributed by atoms with E-state index in [1.807, 2.05) is 4.98 Å². The molecule has 0 aliphatic heterocycles. The lowest BCUT2D eigenvalue weighted by atomic mass is 10.4. The fraction of sp³-hybridized carbons (Fsp3) is 0. The van der Waals surface area contributed by atoms with E-state index in [-0.39, 0.29) is 4.90 Å². The maximum atomic E-state index is 12.7. The maximum Gasteiger partial charge on any atom is 0.342 e. The summed E-state index contributed by atoms with van der Waals surface area (Å²) in [6.45, 7) is 0. The molecule has 1 heterocycles. The van der Waals surface area contributed by atoms with E-state index in [1.54, 1.807) is 0 Å². The molecule has 0 amide bonds. The van der Waals surface area contributed by atoms with E-state index in [0.717, 1.165) is 30.5 Å². The molecule has 2 aromatic rings. The van der Waals surface area contributed by atoms with E-state index >= 15 is 0 Å². The Morgan fingerprint density at radius 2 is 1.82 bits per heavy atom. The number of nitrogens with zero attached hydrogens (tertiary/aromatic N) is 1. The summed E-state index contributed by atoms with van der Waals surface area (Å²) in [6.07, 6.45) is 0.737. The van der Waals surface area contributed by atoms with Crippen molar-refractivity contribution in [1.29, 1.82) is 0 Å². The fourth-order valence-electron chi connectivity index (χ4n) is 1.27. The SMILES string of the molecule is O=c1[nH]c(O)cn1S(=O)(=O)c1ccc(F)cc1. The van der Waals surface area contributed by atoms with Crippen LogP contribution in [0.1, 0.15) is 0 Å². The number of aromatic nitrogens is 2. The molecule has 0 fully saturated rings. The van der Waals surface area contributed by atoms with Crippen molar-refractivity contribution in [2.75, 3.05) is 0 Å². The van der Waals surface area contributed by atoms with Gasteiger partial charge in [-0.3, -0.25) is 4.98 Å². The molecule has 0 atom stereocenters. The lowest BCUT2D eigenvalue weighted by Crippen LogP contribution is -2.24. The number of H-pyrrole nitrogens is 1. The van der Waals surface area contributed by atoms with Gasteiger partial charge in [0.05, 0.1) is 11.1 Å². The Labute approximate surface area is 95.0 Å². The van der Waals surface area contributed by atoms with Gasteiger partial charge in [-0.25, -0.2) is 17.6 Å². The average molecular weight is 258 g/mol.